The van der Waals surface area contributed by atoms with E-state index >= 15 is 0 Å². The van der Waals surface area contributed by atoms with E-state index in [2.05, 4.69) is 0 Å². The van der Waals surface area contributed by atoms with Gasteiger partial charge >= 0.3 is 5.97 Å². The van der Waals surface area contributed by atoms with E-state index in [9.17, 15) is 28.2 Å². The van der Waals surface area contributed by atoms with Crippen molar-refractivity contribution in [1.29, 1.82) is 0 Å². The molecule has 0 unspecified atom stereocenters. The van der Waals surface area contributed by atoms with Gasteiger partial charge in [-0.25, -0.2) is 13.2 Å². The highest BCUT2D eigenvalue weighted by Gasteiger charge is 2.30. The van der Waals surface area contributed by atoms with Crippen LogP contribution in [0.25, 0.3) is 11.1 Å². The summed E-state index contributed by atoms with van der Waals surface area (Å²) in [6.45, 7) is -0.535. The molecule has 0 spiro atoms. The molecule has 5 aromatic carbocycles. The van der Waals surface area contributed by atoms with E-state index in [0.29, 0.717) is 5.56 Å². The van der Waals surface area contributed by atoms with Gasteiger partial charge < -0.3 is 15.1 Å². The third-order valence-electron chi connectivity index (χ3n) is 7.12. The maximum atomic E-state index is 14.1. The molecule has 9 heteroatoms. The van der Waals surface area contributed by atoms with Crippen molar-refractivity contribution in [1.82, 2.24) is 4.31 Å². The van der Waals surface area contributed by atoms with Crippen LogP contribution in [0.4, 0.5) is 5.69 Å². The number of carbonyl (C=O) groups excluding carboxylic acids is 1. The maximum Gasteiger partial charge on any atom is 0.339 e. The van der Waals surface area contributed by atoms with Crippen LogP contribution in [0.5, 0.6) is 5.75 Å². The number of hydrogen-bond acceptors (Lipinski definition) is 5. The predicted octanol–water partition coefficient (Wildman–Crippen LogP) is 6.18. The van der Waals surface area contributed by atoms with Crippen molar-refractivity contribution in [3.63, 3.8) is 0 Å². The zero-order valence-corrected chi connectivity index (χ0v) is 24.5. The molecule has 5 aromatic rings. The first-order valence-corrected chi connectivity index (χ1v) is 15.3. The molecule has 0 atom stereocenters. The second kappa shape index (κ2) is 13.4. The lowest BCUT2D eigenvalue weighted by Crippen LogP contribution is -2.42. The van der Waals surface area contributed by atoms with E-state index in [0.717, 1.165) is 21.0 Å². The summed E-state index contributed by atoms with van der Waals surface area (Å²) in [6.07, 6.45) is 0. The first-order chi connectivity index (χ1) is 21.2. The van der Waals surface area contributed by atoms with Gasteiger partial charge in [-0.15, -0.1) is 0 Å². The summed E-state index contributed by atoms with van der Waals surface area (Å²) >= 11 is 0. The third-order valence-corrected chi connectivity index (χ3v) is 8.93. The largest absolute Gasteiger partial charge is 0.507 e. The molecule has 0 heterocycles. The second-order valence-corrected chi connectivity index (χ2v) is 12.1. The lowest BCUT2D eigenvalue weighted by molar-refractivity contribution is -0.119. The first-order valence-electron chi connectivity index (χ1n) is 13.8. The summed E-state index contributed by atoms with van der Waals surface area (Å²) < 4.78 is 29.3. The Kier molecular flexibility index (Phi) is 9.18. The second-order valence-electron chi connectivity index (χ2n) is 10.1. The summed E-state index contributed by atoms with van der Waals surface area (Å²) in [6, 6.07) is 38.0. The fourth-order valence-electron chi connectivity index (χ4n) is 4.80. The molecule has 44 heavy (non-hydrogen) atoms. The van der Waals surface area contributed by atoms with Gasteiger partial charge in [0.15, 0.2) is 0 Å². The minimum absolute atomic E-state index is 0.0355. The van der Waals surface area contributed by atoms with Gasteiger partial charge in [0.25, 0.3) is 0 Å². The molecule has 2 N–H and O–H groups in total. The van der Waals surface area contributed by atoms with Crippen LogP contribution in [-0.2, 0) is 27.9 Å². The number of rotatable bonds is 11. The molecule has 222 valence electrons. The maximum absolute atomic E-state index is 14.1. The van der Waals surface area contributed by atoms with Crippen LogP contribution in [-0.4, -0.2) is 41.4 Å². The molecule has 0 saturated carbocycles. The minimum atomic E-state index is -4.16. The van der Waals surface area contributed by atoms with Crippen molar-refractivity contribution in [3.05, 3.63) is 150 Å². The fourth-order valence-corrected chi connectivity index (χ4v) is 6.18. The number of nitrogens with zero attached hydrogens (tertiary/aromatic N) is 2. The van der Waals surface area contributed by atoms with Gasteiger partial charge in [-0.3, -0.25) is 4.79 Å². The van der Waals surface area contributed by atoms with Crippen molar-refractivity contribution in [2.45, 2.75) is 18.0 Å². The van der Waals surface area contributed by atoms with E-state index in [-0.39, 0.29) is 29.2 Å². The Morgan fingerprint density at radius 1 is 0.636 bits per heavy atom. The number of aromatic hydroxyl groups is 1. The number of benzene rings is 5. The van der Waals surface area contributed by atoms with Gasteiger partial charge in [0, 0.05) is 12.2 Å². The van der Waals surface area contributed by atoms with Gasteiger partial charge in [0.1, 0.15) is 11.3 Å². The van der Waals surface area contributed by atoms with Crippen molar-refractivity contribution in [3.8, 4) is 16.9 Å². The molecule has 5 rings (SSSR count). The van der Waals surface area contributed by atoms with Gasteiger partial charge in [-0.05, 0) is 52.6 Å². The molecule has 0 bridgehead atoms. The Balaban J connectivity index is 1.51. The summed E-state index contributed by atoms with van der Waals surface area (Å²) in [5, 5.41) is 19.7. The van der Waals surface area contributed by atoms with E-state index in [1.807, 2.05) is 66.7 Å². The molecule has 0 saturated heterocycles. The lowest BCUT2D eigenvalue weighted by Gasteiger charge is -2.28. The molecule has 0 fully saturated rings. The molecular weight excluding hydrogens is 576 g/mol. The molecule has 0 aliphatic rings. The molecule has 0 radical (unpaired) electrons. The normalized spacial score (nSPS) is 11.3. The first kappa shape index (κ1) is 30.2. The van der Waals surface area contributed by atoms with Gasteiger partial charge in [-0.1, -0.05) is 103 Å². The van der Waals surface area contributed by atoms with Crippen molar-refractivity contribution in [2.75, 3.05) is 11.4 Å². The Bertz CT molecular complexity index is 1850. The number of sulfonamides is 1. The number of hydrogen-bond donors (Lipinski definition) is 2. The topological polar surface area (TPSA) is 115 Å². The Morgan fingerprint density at radius 2 is 1.16 bits per heavy atom. The standard InChI is InChI=1S/C35H30N2O6S/c38-33-21-18-30(22-32(33)35(40)41)37(24-27-12-6-2-7-13-27)34(39)25-36(23-26-10-4-1-5-11-26)44(42,43)31-19-16-29(17-20-31)28-14-8-3-9-15-28/h1-22,38H,23-25H2,(H,40,41). The van der Waals surface area contributed by atoms with Crippen LogP contribution >= 0.6 is 0 Å². The van der Waals surface area contributed by atoms with E-state index < -0.39 is 34.2 Å². The number of carboxylic acids is 1. The highest BCUT2D eigenvalue weighted by molar-refractivity contribution is 7.89. The predicted molar refractivity (Wildman–Crippen MR) is 169 cm³/mol. The Morgan fingerprint density at radius 3 is 1.73 bits per heavy atom. The van der Waals surface area contributed by atoms with Crippen molar-refractivity contribution < 1.29 is 28.2 Å². The average molecular weight is 607 g/mol. The van der Waals surface area contributed by atoms with Gasteiger partial charge in [0.05, 0.1) is 18.0 Å². The van der Waals surface area contributed by atoms with Crippen LogP contribution in [0.15, 0.2) is 138 Å². The van der Waals surface area contributed by atoms with Crippen LogP contribution < -0.4 is 4.90 Å². The summed E-state index contributed by atoms with van der Waals surface area (Å²) in [5.41, 5.74) is 3.07. The summed E-state index contributed by atoms with van der Waals surface area (Å²) in [7, 11) is -4.16. The van der Waals surface area contributed by atoms with Crippen molar-refractivity contribution in [2.24, 2.45) is 0 Å². The third kappa shape index (κ3) is 7.03. The molecule has 0 aliphatic carbocycles. The number of aromatic carboxylic acids is 1. The van der Waals surface area contributed by atoms with Crippen LogP contribution in [0.1, 0.15) is 21.5 Å². The molecule has 0 aromatic heterocycles. The van der Waals surface area contributed by atoms with Crippen LogP contribution in [0, 0.1) is 0 Å². The monoisotopic (exact) mass is 606 g/mol. The highest BCUT2D eigenvalue weighted by Crippen LogP contribution is 2.28. The lowest BCUT2D eigenvalue weighted by atomic mass is 10.1. The van der Waals surface area contributed by atoms with Crippen LogP contribution in [0.2, 0.25) is 0 Å². The number of phenols is 1. The number of anilines is 1. The number of carboxylic acid groups (broad SMARTS) is 1. The van der Waals surface area contributed by atoms with E-state index in [1.165, 1.54) is 35.2 Å². The highest BCUT2D eigenvalue weighted by atomic mass is 32.2. The Hall–Kier alpha value is -5.25. The van der Waals surface area contributed by atoms with E-state index in [1.54, 1.807) is 36.4 Å². The van der Waals surface area contributed by atoms with Crippen molar-refractivity contribution >= 4 is 27.6 Å². The number of carbonyl (C=O) groups is 2. The van der Waals surface area contributed by atoms with E-state index in [4.69, 9.17) is 0 Å². The number of amides is 1. The fraction of sp³-hybridized carbons (Fsp3) is 0.0857. The summed E-state index contributed by atoms with van der Waals surface area (Å²) in [4.78, 5) is 27.2. The molecule has 1 amide bonds. The Labute approximate surface area is 256 Å². The van der Waals surface area contributed by atoms with Gasteiger partial charge in [0.2, 0.25) is 15.9 Å². The van der Waals surface area contributed by atoms with Crippen LogP contribution in [0.3, 0.4) is 0 Å². The molecule has 0 aliphatic heterocycles. The SMILES string of the molecule is O=C(O)c1cc(N(Cc2ccccc2)C(=O)CN(Cc2ccccc2)S(=O)(=O)c2ccc(-c3ccccc3)cc2)ccc1O. The smallest absolute Gasteiger partial charge is 0.339 e. The summed E-state index contributed by atoms with van der Waals surface area (Å²) in [5.74, 6) is -2.37. The minimum Gasteiger partial charge on any atom is -0.507 e. The van der Waals surface area contributed by atoms with Gasteiger partial charge in [-0.2, -0.15) is 4.31 Å². The quantitative estimate of drug-likeness (QED) is 0.186. The zero-order chi connectivity index (χ0) is 31.1. The molecular formula is C35H30N2O6S. The average Bonchev–Trinajstić information content (AvgIpc) is 3.05. The molecule has 8 nitrogen and oxygen atoms in total. The zero-order valence-electron chi connectivity index (χ0n) is 23.7.